The molecule has 0 radical (unpaired) electrons. The summed E-state index contributed by atoms with van der Waals surface area (Å²) >= 11 is 6.37. The van der Waals surface area contributed by atoms with E-state index in [9.17, 15) is 4.57 Å². The van der Waals surface area contributed by atoms with Gasteiger partial charge in [-0.15, -0.1) is 0 Å². The molecule has 1 saturated carbocycles. The largest absolute Gasteiger partial charge is 0.371 e. The molecule has 2 aliphatic rings. The van der Waals surface area contributed by atoms with E-state index in [-0.39, 0.29) is 0 Å². The molecule has 1 aromatic heterocycles. The zero-order valence-electron chi connectivity index (χ0n) is 20.2. The second-order valence-electron chi connectivity index (χ2n) is 10.2. The number of nitrogens with two attached hydrogens (primary N) is 1. The standard InChI is InChI=1S/C26H32ClN6OP/c1-35(2,34)23-6-4-3-5-22(23)31-24-21(27)17-29-25(32-24)30-19-7-9-20(10-8-19)33-13-11-26(12-14-33)15-18(28)16-26/h3-10,17-18H,11-16,28H2,1-2H3,(H2,29,30,31,32). The summed E-state index contributed by atoms with van der Waals surface area (Å²) < 4.78 is 12.7. The minimum atomic E-state index is -2.47. The minimum absolute atomic E-state index is 0.387. The number of nitrogens with zero attached hydrogens (tertiary/aromatic N) is 3. The lowest BCUT2D eigenvalue weighted by atomic mass is 9.61. The Morgan fingerprint density at radius 2 is 1.74 bits per heavy atom. The van der Waals surface area contributed by atoms with Crippen molar-refractivity contribution >= 4 is 52.9 Å². The van der Waals surface area contributed by atoms with Crippen molar-refractivity contribution in [2.24, 2.45) is 11.1 Å². The van der Waals surface area contributed by atoms with Crippen LogP contribution in [0.3, 0.4) is 0 Å². The average Bonchev–Trinajstić information content (AvgIpc) is 2.81. The second-order valence-corrected chi connectivity index (χ2v) is 13.8. The Labute approximate surface area is 211 Å². The van der Waals surface area contributed by atoms with Gasteiger partial charge in [-0.05, 0) is 80.8 Å². The quantitative estimate of drug-likeness (QED) is 0.373. The predicted molar refractivity (Wildman–Crippen MR) is 147 cm³/mol. The predicted octanol–water partition coefficient (Wildman–Crippen LogP) is 5.57. The highest BCUT2D eigenvalue weighted by atomic mass is 35.5. The van der Waals surface area contributed by atoms with Gasteiger partial charge in [-0.2, -0.15) is 4.98 Å². The first-order valence-corrected chi connectivity index (χ1v) is 15.0. The van der Waals surface area contributed by atoms with Crippen LogP contribution in [0.4, 0.5) is 28.8 Å². The first kappa shape index (κ1) is 24.1. The molecule has 4 N–H and O–H groups in total. The molecule has 1 aliphatic heterocycles. The molecule has 5 rings (SSSR count). The van der Waals surface area contributed by atoms with Gasteiger partial charge in [0, 0.05) is 35.8 Å². The van der Waals surface area contributed by atoms with Crippen molar-refractivity contribution in [2.75, 3.05) is 42.0 Å². The monoisotopic (exact) mass is 510 g/mol. The highest BCUT2D eigenvalue weighted by molar-refractivity contribution is 7.70. The highest BCUT2D eigenvalue weighted by Gasteiger charge is 2.44. The molecule has 1 spiro atoms. The fraction of sp³-hybridized carbons (Fsp3) is 0.385. The summed E-state index contributed by atoms with van der Waals surface area (Å²) in [6.07, 6.45) is 6.38. The average molecular weight is 511 g/mol. The van der Waals surface area contributed by atoms with Crippen LogP contribution >= 0.6 is 18.7 Å². The Bertz CT molecular complexity index is 1240. The maximum Gasteiger partial charge on any atom is 0.229 e. The molecule has 2 aromatic carbocycles. The Hall–Kier alpha value is -2.60. The van der Waals surface area contributed by atoms with Crippen molar-refractivity contribution in [1.82, 2.24) is 9.97 Å². The minimum Gasteiger partial charge on any atom is -0.371 e. The number of nitrogens with one attached hydrogen (secondary N) is 2. The lowest BCUT2D eigenvalue weighted by molar-refractivity contribution is 0.0713. The number of aromatic nitrogens is 2. The summed E-state index contributed by atoms with van der Waals surface area (Å²) in [5.41, 5.74) is 9.39. The Balaban J connectivity index is 1.26. The van der Waals surface area contributed by atoms with E-state index in [1.165, 1.54) is 31.4 Å². The van der Waals surface area contributed by atoms with Gasteiger partial charge in [0.1, 0.15) is 12.2 Å². The van der Waals surface area contributed by atoms with E-state index in [4.69, 9.17) is 17.3 Å². The number of anilines is 5. The topological polar surface area (TPSA) is 96.2 Å². The zero-order chi connectivity index (χ0) is 24.6. The van der Waals surface area contributed by atoms with Crippen LogP contribution in [0.5, 0.6) is 0 Å². The van der Waals surface area contributed by atoms with Crippen molar-refractivity contribution in [2.45, 2.75) is 31.7 Å². The summed E-state index contributed by atoms with van der Waals surface area (Å²) in [6, 6.07) is 16.3. The van der Waals surface area contributed by atoms with E-state index in [0.717, 1.165) is 29.8 Å². The molecule has 0 atom stereocenters. The van der Waals surface area contributed by atoms with Crippen molar-refractivity contribution in [1.29, 1.82) is 0 Å². The van der Waals surface area contributed by atoms with Gasteiger partial charge in [-0.25, -0.2) is 4.98 Å². The fourth-order valence-electron chi connectivity index (χ4n) is 5.28. The van der Waals surface area contributed by atoms with E-state index < -0.39 is 7.14 Å². The molecule has 184 valence electrons. The second kappa shape index (κ2) is 9.45. The Kier molecular flexibility index (Phi) is 6.51. The molecule has 1 aliphatic carbocycles. The Morgan fingerprint density at radius 1 is 1.06 bits per heavy atom. The molecule has 0 unspecified atom stereocenters. The van der Waals surface area contributed by atoms with Crippen molar-refractivity contribution in [3.8, 4) is 0 Å². The van der Waals surface area contributed by atoms with Gasteiger partial charge in [-0.3, -0.25) is 0 Å². The van der Waals surface area contributed by atoms with Gasteiger partial charge < -0.3 is 25.8 Å². The van der Waals surface area contributed by atoms with E-state index >= 15 is 0 Å². The molecule has 2 fully saturated rings. The van der Waals surface area contributed by atoms with Gasteiger partial charge in [0.25, 0.3) is 0 Å². The van der Waals surface area contributed by atoms with Gasteiger partial charge in [0.05, 0.1) is 11.9 Å². The summed E-state index contributed by atoms with van der Waals surface area (Å²) in [5.74, 6) is 0.888. The number of halogens is 1. The van der Waals surface area contributed by atoms with Crippen LogP contribution in [0.15, 0.2) is 54.7 Å². The summed E-state index contributed by atoms with van der Waals surface area (Å²) in [7, 11) is -2.47. The van der Waals surface area contributed by atoms with Crippen LogP contribution in [-0.2, 0) is 4.57 Å². The van der Waals surface area contributed by atoms with Crippen LogP contribution in [0.2, 0.25) is 5.02 Å². The van der Waals surface area contributed by atoms with E-state index in [1.54, 1.807) is 19.5 Å². The summed E-state index contributed by atoms with van der Waals surface area (Å²) in [5, 5.41) is 7.64. The van der Waals surface area contributed by atoms with E-state index in [0.29, 0.717) is 28.2 Å². The third-order valence-corrected chi connectivity index (χ3v) is 9.01. The summed E-state index contributed by atoms with van der Waals surface area (Å²) in [4.78, 5) is 11.3. The van der Waals surface area contributed by atoms with Crippen LogP contribution in [0.1, 0.15) is 25.7 Å². The lowest BCUT2D eigenvalue weighted by Crippen LogP contribution is -2.52. The number of piperidine rings is 1. The van der Waals surface area contributed by atoms with E-state index in [1.807, 2.05) is 36.4 Å². The van der Waals surface area contributed by atoms with Gasteiger partial charge in [-0.1, -0.05) is 23.7 Å². The smallest absolute Gasteiger partial charge is 0.229 e. The highest BCUT2D eigenvalue weighted by Crippen LogP contribution is 2.48. The molecule has 2 heterocycles. The van der Waals surface area contributed by atoms with Crippen LogP contribution in [0.25, 0.3) is 0 Å². The number of rotatable bonds is 6. The number of para-hydroxylation sites is 1. The van der Waals surface area contributed by atoms with Crippen molar-refractivity contribution < 1.29 is 4.57 Å². The molecule has 7 nitrogen and oxygen atoms in total. The molecule has 1 saturated heterocycles. The number of hydrogen-bond acceptors (Lipinski definition) is 7. The maximum absolute atomic E-state index is 12.7. The van der Waals surface area contributed by atoms with Crippen LogP contribution in [-0.4, -0.2) is 42.4 Å². The molecule has 0 bridgehead atoms. The van der Waals surface area contributed by atoms with Gasteiger partial charge in [0.2, 0.25) is 5.95 Å². The van der Waals surface area contributed by atoms with Crippen LogP contribution < -0.4 is 26.6 Å². The van der Waals surface area contributed by atoms with Crippen molar-refractivity contribution in [3.05, 3.63) is 59.8 Å². The molecule has 0 amide bonds. The van der Waals surface area contributed by atoms with E-state index in [2.05, 4.69) is 37.6 Å². The molecule has 35 heavy (non-hydrogen) atoms. The van der Waals surface area contributed by atoms with Gasteiger partial charge >= 0.3 is 0 Å². The molecular formula is C26H32ClN6OP. The zero-order valence-corrected chi connectivity index (χ0v) is 21.8. The number of benzene rings is 2. The molecular weight excluding hydrogens is 479 g/mol. The third-order valence-electron chi connectivity index (χ3n) is 7.18. The molecule has 9 heteroatoms. The van der Waals surface area contributed by atoms with Gasteiger partial charge in [0.15, 0.2) is 5.82 Å². The summed E-state index contributed by atoms with van der Waals surface area (Å²) in [6.45, 7) is 5.66. The first-order chi connectivity index (χ1) is 16.7. The van der Waals surface area contributed by atoms with Crippen LogP contribution in [0, 0.1) is 5.41 Å². The normalized spacial score (nSPS) is 17.8. The lowest BCUT2D eigenvalue weighted by Gasteiger charge is -2.51. The maximum atomic E-state index is 12.7. The number of hydrogen-bond donors (Lipinski definition) is 3. The van der Waals surface area contributed by atoms with Crippen molar-refractivity contribution in [3.63, 3.8) is 0 Å². The molecule has 3 aromatic rings. The SMILES string of the molecule is CP(C)(=O)c1ccccc1Nc1nc(Nc2ccc(N3CCC4(CC3)CC(N)C4)cc2)ncc1Cl. The first-order valence-electron chi connectivity index (χ1n) is 12.0. The third kappa shape index (κ3) is 5.32. The Morgan fingerprint density at radius 3 is 2.40 bits per heavy atom. The fourth-order valence-corrected chi connectivity index (χ4v) is 6.57.